The second kappa shape index (κ2) is 9.74. The molecule has 1 aliphatic rings. The van der Waals surface area contributed by atoms with Gasteiger partial charge in [-0.1, -0.05) is 23.7 Å². The highest BCUT2D eigenvalue weighted by atomic mass is 35.5. The smallest absolute Gasteiger partial charge is 0.222 e. The van der Waals surface area contributed by atoms with Gasteiger partial charge < -0.3 is 15.4 Å². The Hall–Kier alpha value is -2.60. The topological polar surface area (TPSA) is 72.6 Å². The normalized spacial score (nSPS) is 19.0. The van der Waals surface area contributed by atoms with Gasteiger partial charge in [0.1, 0.15) is 17.7 Å². The second-order valence-corrected chi connectivity index (χ2v) is 7.73. The van der Waals surface area contributed by atoms with E-state index in [9.17, 15) is 14.0 Å². The lowest BCUT2D eigenvalue weighted by Crippen LogP contribution is -2.49. The number of carbonyl (C=O) groups excluding carboxylic acids is 2. The first kappa shape index (κ1) is 21.1. The zero-order valence-electron chi connectivity index (χ0n) is 16.0. The van der Waals surface area contributed by atoms with E-state index in [1.165, 1.54) is 12.1 Å². The van der Waals surface area contributed by atoms with Crippen molar-refractivity contribution >= 4 is 23.4 Å². The van der Waals surface area contributed by atoms with Crippen molar-refractivity contribution in [3.8, 4) is 5.75 Å². The predicted molar refractivity (Wildman–Crippen MR) is 109 cm³/mol. The van der Waals surface area contributed by atoms with Crippen LogP contribution in [0.4, 0.5) is 4.39 Å². The standard InChI is InChI=1S/C22H24ClFN2O3/c23-17-4-8-19(9-5-17)29-20-11-12-26(14-16(20)13-21(25)27)22(28)10-3-15-1-6-18(24)7-2-15/h1-2,4-9,16,20H,3,10-14H2,(H2,25,27)/t16-,20-/m0/s1. The monoisotopic (exact) mass is 418 g/mol. The van der Waals surface area contributed by atoms with Crippen LogP contribution in [0.2, 0.25) is 5.02 Å². The fraction of sp³-hybridized carbons (Fsp3) is 0.364. The highest BCUT2D eigenvalue weighted by Gasteiger charge is 2.33. The van der Waals surface area contributed by atoms with Crippen molar-refractivity contribution in [2.75, 3.05) is 13.1 Å². The maximum Gasteiger partial charge on any atom is 0.222 e. The predicted octanol–water partition coefficient (Wildman–Crippen LogP) is 3.58. The molecule has 0 bridgehead atoms. The molecule has 0 saturated carbocycles. The van der Waals surface area contributed by atoms with Crippen LogP contribution in [0, 0.1) is 11.7 Å². The molecule has 0 aromatic heterocycles. The molecule has 7 heteroatoms. The summed E-state index contributed by atoms with van der Waals surface area (Å²) in [4.78, 5) is 26.0. The molecular weight excluding hydrogens is 395 g/mol. The molecular formula is C22H24ClFN2O3. The fourth-order valence-electron chi connectivity index (χ4n) is 3.60. The Morgan fingerprint density at radius 3 is 2.48 bits per heavy atom. The summed E-state index contributed by atoms with van der Waals surface area (Å²) in [6.07, 6.45) is 1.44. The van der Waals surface area contributed by atoms with Crippen molar-refractivity contribution in [1.82, 2.24) is 4.90 Å². The summed E-state index contributed by atoms with van der Waals surface area (Å²) in [5, 5.41) is 0.618. The van der Waals surface area contributed by atoms with E-state index in [4.69, 9.17) is 22.1 Å². The maximum absolute atomic E-state index is 13.0. The van der Waals surface area contributed by atoms with E-state index < -0.39 is 5.91 Å². The third-order valence-electron chi connectivity index (χ3n) is 5.12. The molecule has 0 spiro atoms. The average molecular weight is 419 g/mol. The van der Waals surface area contributed by atoms with E-state index in [1.54, 1.807) is 41.3 Å². The van der Waals surface area contributed by atoms with Crippen molar-refractivity contribution in [1.29, 1.82) is 0 Å². The lowest BCUT2D eigenvalue weighted by Gasteiger charge is -2.38. The number of hydrogen-bond acceptors (Lipinski definition) is 3. The Morgan fingerprint density at radius 1 is 1.14 bits per heavy atom. The van der Waals surface area contributed by atoms with E-state index in [0.29, 0.717) is 43.1 Å². The summed E-state index contributed by atoms with van der Waals surface area (Å²) in [5.74, 6) is -0.206. The van der Waals surface area contributed by atoms with Crippen LogP contribution < -0.4 is 10.5 Å². The SMILES string of the molecule is NC(=O)C[C@H]1CN(C(=O)CCc2ccc(F)cc2)CC[C@@H]1Oc1ccc(Cl)cc1. The van der Waals surface area contributed by atoms with Crippen LogP contribution in [-0.4, -0.2) is 35.9 Å². The van der Waals surface area contributed by atoms with Crippen molar-refractivity contribution < 1.29 is 18.7 Å². The van der Waals surface area contributed by atoms with Crippen molar-refractivity contribution in [2.45, 2.75) is 31.8 Å². The summed E-state index contributed by atoms with van der Waals surface area (Å²) in [5.41, 5.74) is 6.33. The first-order valence-electron chi connectivity index (χ1n) is 9.63. The van der Waals surface area contributed by atoms with E-state index in [2.05, 4.69) is 0 Å². The summed E-state index contributed by atoms with van der Waals surface area (Å²) in [7, 11) is 0. The van der Waals surface area contributed by atoms with Gasteiger partial charge in [0, 0.05) is 43.3 Å². The van der Waals surface area contributed by atoms with Gasteiger partial charge in [-0.3, -0.25) is 9.59 Å². The number of primary amides is 1. The van der Waals surface area contributed by atoms with Crippen LogP contribution in [0.3, 0.4) is 0 Å². The molecule has 1 fully saturated rings. The van der Waals surface area contributed by atoms with E-state index >= 15 is 0 Å². The highest BCUT2D eigenvalue weighted by Crippen LogP contribution is 2.27. The Morgan fingerprint density at radius 2 is 1.83 bits per heavy atom. The van der Waals surface area contributed by atoms with Gasteiger partial charge in [0.15, 0.2) is 0 Å². The molecule has 2 amide bonds. The van der Waals surface area contributed by atoms with Crippen LogP contribution in [0.1, 0.15) is 24.8 Å². The van der Waals surface area contributed by atoms with Gasteiger partial charge in [0.2, 0.25) is 11.8 Å². The quantitative estimate of drug-likeness (QED) is 0.746. The minimum Gasteiger partial charge on any atom is -0.490 e. The summed E-state index contributed by atoms with van der Waals surface area (Å²) < 4.78 is 19.1. The van der Waals surface area contributed by atoms with E-state index in [0.717, 1.165) is 5.56 Å². The number of amides is 2. The molecule has 2 N–H and O–H groups in total. The number of benzene rings is 2. The molecule has 29 heavy (non-hydrogen) atoms. The first-order valence-corrected chi connectivity index (χ1v) is 10.0. The lowest BCUT2D eigenvalue weighted by molar-refractivity contribution is -0.136. The third kappa shape index (κ3) is 6.19. The molecule has 1 saturated heterocycles. The lowest BCUT2D eigenvalue weighted by atomic mass is 9.90. The van der Waals surface area contributed by atoms with Gasteiger partial charge in [-0.25, -0.2) is 4.39 Å². The number of piperidine rings is 1. The number of halogens is 2. The Balaban J connectivity index is 1.59. The zero-order valence-corrected chi connectivity index (χ0v) is 16.8. The molecule has 2 atom stereocenters. The molecule has 0 unspecified atom stereocenters. The van der Waals surface area contributed by atoms with Gasteiger partial charge >= 0.3 is 0 Å². The van der Waals surface area contributed by atoms with E-state index in [1.807, 2.05) is 0 Å². The summed E-state index contributed by atoms with van der Waals surface area (Å²) in [6.45, 7) is 0.971. The zero-order chi connectivity index (χ0) is 20.8. The van der Waals surface area contributed by atoms with Crippen LogP contribution in [0.15, 0.2) is 48.5 Å². The van der Waals surface area contributed by atoms with Crippen LogP contribution in [0.5, 0.6) is 5.75 Å². The summed E-state index contributed by atoms with van der Waals surface area (Å²) in [6, 6.07) is 13.2. The minimum absolute atomic E-state index is 0.00809. The number of hydrogen-bond donors (Lipinski definition) is 1. The molecule has 5 nitrogen and oxygen atoms in total. The number of ether oxygens (including phenoxy) is 1. The fourth-order valence-corrected chi connectivity index (χ4v) is 3.72. The Bertz CT molecular complexity index is 842. The number of carbonyl (C=O) groups is 2. The van der Waals surface area contributed by atoms with Crippen molar-refractivity contribution in [2.24, 2.45) is 11.7 Å². The first-order chi connectivity index (χ1) is 13.9. The molecule has 2 aromatic rings. The van der Waals surface area contributed by atoms with Gasteiger partial charge in [0.25, 0.3) is 0 Å². The molecule has 0 radical (unpaired) electrons. The Labute approximate surface area is 174 Å². The summed E-state index contributed by atoms with van der Waals surface area (Å²) >= 11 is 5.91. The van der Waals surface area contributed by atoms with Gasteiger partial charge in [-0.15, -0.1) is 0 Å². The van der Waals surface area contributed by atoms with Crippen LogP contribution in [-0.2, 0) is 16.0 Å². The van der Waals surface area contributed by atoms with Gasteiger partial charge in [0.05, 0.1) is 0 Å². The molecule has 0 aliphatic carbocycles. The maximum atomic E-state index is 13.0. The van der Waals surface area contributed by atoms with E-state index in [-0.39, 0.29) is 30.2 Å². The number of nitrogens with two attached hydrogens (primary N) is 1. The van der Waals surface area contributed by atoms with Gasteiger partial charge in [-0.2, -0.15) is 0 Å². The molecule has 1 heterocycles. The second-order valence-electron chi connectivity index (χ2n) is 7.30. The molecule has 3 rings (SSSR count). The molecule has 1 aliphatic heterocycles. The number of nitrogens with zero attached hydrogens (tertiary/aromatic N) is 1. The number of aryl methyl sites for hydroxylation is 1. The minimum atomic E-state index is -0.416. The van der Waals surface area contributed by atoms with Crippen molar-refractivity contribution in [3.63, 3.8) is 0 Å². The van der Waals surface area contributed by atoms with Crippen LogP contribution >= 0.6 is 11.6 Å². The largest absolute Gasteiger partial charge is 0.490 e. The average Bonchev–Trinajstić information content (AvgIpc) is 2.70. The Kier molecular flexibility index (Phi) is 7.09. The van der Waals surface area contributed by atoms with Crippen molar-refractivity contribution in [3.05, 3.63) is 64.9 Å². The molecule has 2 aromatic carbocycles. The number of likely N-dealkylation sites (tertiary alicyclic amines) is 1. The third-order valence-corrected chi connectivity index (χ3v) is 5.37. The van der Waals surface area contributed by atoms with Crippen LogP contribution in [0.25, 0.3) is 0 Å². The highest BCUT2D eigenvalue weighted by molar-refractivity contribution is 6.30. The number of rotatable bonds is 7. The molecule has 154 valence electrons. The van der Waals surface area contributed by atoms with Gasteiger partial charge in [-0.05, 0) is 48.4 Å².